The molecule has 172 valence electrons. The van der Waals surface area contributed by atoms with Gasteiger partial charge in [-0.15, -0.1) is 21.5 Å². The Balaban J connectivity index is 1.27. The van der Waals surface area contributed by atoms with Gasteiger partial charge in [-0.3, -0.25) is 14.4 Å². The van der Waals surface area contributed by atoms with Crippen molar-refractivity contribution >= 4 is 46.6 Å². The molecule has 33 heavy (non-hydrogen) atoms. The van der Waals surface area contributed by atoms with Gasteiger partial charge < -0.3 is 19.9 Å². The highest BCUT2D eigenvalue weighted by atomic mass is 32.2. The Morgan fingerprint density at radius 3 is 2.73 bits per heavy atom. The molecule has 0 atom stereocenters. The van der Waals surface area contributed by atoms with E-state index in [1.807, 2.05) is 29.0 Å². The molecule has 4 rings (SSSR count). The lowest BCUT2D eigenvalue weighted by Gasteiger charge is -2.11. The molecule has 1 aliphatic rings. The summed E-state index contributed by atoms with van der Waals surface area (Å²) in [4.78, 5) is 37.8. The average molecular weight is 486 g/mol. The second kappa shape index (κ2) is 10.6. The minimum absolute atomic E-state index is 0.00373. The van der Waals surface area contributed by atoms with Gasteiger partial charge in [0, 0.05) is 12.6 Å². The first kappa shape index (κ1) is 23.0. The van der Waals surface area contributed by atoms with Crippen molar-refractivity contribution in [3.05, 3.63) is 47.3 Å². The molecule has 2 heterocycles. The highest BCUT2D eigenvalue weighted by Crippen LogP contribution is 2.27. The number of ether oxygens (including phenoxy) is 1. The maximum Gasteiger partial charge on any atom is 0.316 e. The van der Waals surface area contributed by atoms with Crippen molar-refractivity contribution in [2.75, 3.05) is 17.7 Å². The molecule has 9 nitrogen and oxygen atoms in total. The molecular formula is C22H23N5O4S2. The van der Waals surface area contributed by atoms with E-state index in [0.717, 1.165) is 23.5 Å². The summed E-state index contributed by atoms with van der Waals surface area (Å²) in [6.07, 6.45) is 1.94. The normalized spacial score (nSPS) is 12.9. The zero-order valence-electron chi connectivity index (χ0n) is 17.9. The van der Waals surface area contributed by atoms with Crippen molar-refractivity contribution in [1.29, 1.82) is 0 Å². The van der Waals surface area contributed by atoms with Crippen LogP contribution < -0.4 is 10.6 Å². The third kappa shape index (κ3) is 5.99. The second-order valence-electron chi connectivity index (χ2n) is 7.32. The van der Waals surface area contributed by atoms with E-state index in [0.29, 0.717) is 23.0 Å². The molecule has 1 aliphatic carbocycles. The lowest BCUT2D eigenvalue weighted by molar-refractivity contribution is -0.144. The summed E-state index contributed by atoms with van der Waals surface area (Å²) in [6.45, 7) is 2.20. The van der Waals surface area contributed by atoms with Gasteiger partial charge in [0.1, 0.15) is 0 Å². The summed E-state index contributed by atoms with van der Waals surface area (Å²) in [5, 5.41) is 16.5. The molecular weight excluding hydrogens is 462 g/mol. The van der Waals surface area contributed by atoms with Crippen LogP contribution in [0.3, 0.4) is 0 Å². The van der Waals surface area contributed by atoms with Crippen LogP contribution >= 0.6 is 23.1 Å². The van der Waals surface area contributed by atoms with Crippen LogP contribution in [-0.4, -0.2) is 50.9 Å². The van der Waals surface area contributed by atoms with E-state index in [1.54, 1.807) is 35.6 Å². The number of hydrogen-bond acceptors (Lipinski definition) is 8. The van der Waals surface area contributed by atoms with E-state index in [-0.39, 0.29) is 17.7 Å². The van der Waals surface area contributed by atoms with Crippen LogP contribution in [0.4, 0.5) is 5.69 Å². The van der Waals surface area contributed by atoms with Crippen LogP contribution in [0.25, 0.3) is 10.7 Å². The molecule has 1 aromatic carbocycles. The largest absolute Gasteiger partial charge is 0.455 e. The number of esters is 1. The lowest BCUT2D eigenvalue weighted by atomic mass is 10.1. The van der Waals surface area contributed by atoms with Crippen molar-refractivity contribution in [3.8, 4) is 10.7 Å². The monoisotopic (exact) mass is 485 g/mol. The fourth-order valence-corrected chi connectivity index (χ4v) is 4.56. The van der Waals surface area contributed by atoms with Gasteiger partial charge in [-0.05, 0) is 43.3 Å². The number of nitrogens with one attached hydrogen (secondary N) is 2. The number of amides is 2. The Morgan fingerprint density at radius 2 is 2.00 bits per heavy atom. The van der Waals surface area contributed by atoms with Crippen LogP contribution in [0.2, 0.25) is 0 Å². The molecule has 0 spiro atoms. The molecule has 1 fully saturated rings. The molecule has 2 aromatic heterocycles. The van der Waals surface area contributed by atoms with E-state index < -0.39 is 18.5 Å². The first-order valence-corrected chi connectivity index (χ1v) is 12.4. The summed E-state index contributed by atoms with van der Waals surface area (Å²) < 4.78 is 7.03. The number of carbonyl (C=O) groups is 3. The van der Waals surface area contributed by atoms with Crippen LogP contribution in [0, 0.1) is 0 Å². The predicted octanol–water partition coefficient (Wildman–Crippen LogP) is 3.19. The molecule has 2 N–H and O–H groups in total. The highest BCUT2D eigenvalue weighted by molar-refractivity contribution is 7.99. The van der Waals surface area contributed by atoms with Crippen LogP contribution in [0.1, 0.15) is 30.1 Å². The molecule has 0 bridgehead atoms. The first-order valence-electron chi connectivity index (χ1n) is 10.5. The number of carbonyl (C=O) groups excluding carboxylic acids is 3. The van der Waals surface area contributed by atoms with E-state index in [4.69, 9.17) is 4.74 Å². The smallest absolute Gasteiger partial charge is 0.316 e. The number of thioether (sulfide) groups is 1. The number of thiophene rings is 1. The molecule has 0 radical (unpaired) electrons. The van der Waals surface area contributed by atoms with Gasteiger partial charge in [-0.1, -0.05) is 30.0 Å². The summed E-state index contributed by atoms with van der Waals surface area (Å²) >= 11 is 2.78. The maximum atomic E-state index is 12.3. The Hall–Kier alpha value is -3.18. The van der Waals surface area contributed by atoms with Gasteiger partial charge in [0.05, 0.1) is 21.9 Å². The number of para-hydroxylation sites is 1. The number of aromatic nitrogens is 3. The molecule has 1 saturated carbocycles. The molecule has 0 aliphatic heterocycles. The zero-order valence-corrected chi connectivity index (χ0v) is 19.6. The van der Waals surface area contributed by atoms with Gasteiger partial charge in [0.25, 0.3) is 11.8 Å². The number of hydrogen-bond donors (Lipinski definition) is 2. The Morgan fingerprint density at radius 1 is 1.18 bits per heavy atom. The van der Waals surface area contributed by atoms with E-state index >= 15 is 0 Å². The predicted molar refractivity (Wildman–Crippen MR) is 126 cm³/mol. The summed E-state index contributed by atoms with van der Waals surface area (Å²) in [5.41, 5.74) is 0.753. The van der Waals surface area contributed by atoms with Gasteiger partial charge in [0.2, 0.25) is 0 Å². The topological polar surface area (TPSA) is 115 Å². The third-order valence-corrected chi connectivity index (χ3v) is 6.62. The van der Waals surface area contributed by atoms with Gasteiger partial charge in [0.15, 0.2) is 17.6 Å². The quantitative estimate of drug-likeness (QED) is 0.335. The molecule has 0 saturated heterocycles. The SMILES string of the molecule is CCn1c(SCC(=O)OCC(=O)Nc2ccccc2C(=O)NC2CC2)nnc1-c1cccs1. The Labute approximate surface area is 198 Å². The fourth-order valence-electron chi connectivity index (χ4n) is 3.05. The molecule has 11 heteroatoms. The van der Waals surface area contributed by atoms with Crippen LogP contribution in [0.5, 0.6) is 0 Å². The van der Waals surface area contributed by atoms with Crippen LogP contribution in [0.15, 0.2) is 46.9 Å². The Bertz CT molecular complexity index is 1140. The number of anilines is 1. The van der Waals surface area contributed by atoms with Crippen LogP contribution in [-0.2, 0) is 20.9 Å². The fraction of sp³-hybridized carbons (Fsp3) is 0.318. The standard InChI is InChI=1S/C22H23N5O4S2/c1-2-27-20(17-8-5-11-32-17)25-26-22(27)33-13-19(29)31-12-18(28)24-16-7-4-3-6-15(16)21(30)23-14-9-10-14/h3-8,11,14H,2,9-10,12-13H2,1H3,(H,23,30)(H,24,28). The maximum absolute atomic E-state index is 12.3. The Kier molecular flexibility index (Phi) is 7.40. The minimum Gasteiger partial charge on any atom is -0.455 e. The van der Waals surface area contributed by atoms with Crippen molar-refractivity contribution < 1.29 is 19.1 Å². The number of rotatable bonds is 10. The molecule has 3 aromatic rings. The van der Waals surface area contributed by atoms with Crippen molar-refractivity contribution in [2.45, 2.75) is 37.5 Å². The summed E-state index contributed by atoms with van der Waals surface area (Å²) in [7, 11) is 0. The second-order valence-corrected chi connectivity index (χ2v) is 9.21. The third-order valence-electron chi connectivity index (χ3n) is 4.82. The van der Waals surface area contributed by atoms with E-state index in [1.165, 1.54) is 11.8 Å². The van der Waals surface area contributed by atoms with Crippen molar-refractivity contribution in [1.82, 2.24) is 20.1 Å². The van der Waals surface area contributed by atoms with E-state index in [2.05, 4.69) is 20.8 Å². The van der Waals surface area contributed by atoms with Gasteiger partial charge in [-0.25, -0.2) is 0 Å². The average Bonchev–Trinajstić information content (AvgIpc) is 3.30. The number of benzene rings is 1. The summed E-state index contributed by atoms with van der Waals surface area (Å²) in [6, 6.07) is 10.9. The zero-order chi connectivity index (χ0) is 23.2. The van der Waals surface area contributed by atoms with Gasteiger partial charge >= 0.3 is 5.97 Å². The van der Waals surface area contributed by atoms with Crippen molar-refractivity contribution in [3.63, 3.8) is 0 Å². The van der Waals surface area contributed by atoms with E-state index in [9.17, 15) is 14.4 Å². The molecule has 2 amide bonds. The summed E-state index contributed by atoms with van der Waals surface area (Å²) in [5.74, 6) is -0.540. The first-order chi connectivity index (χ1) is 16.0. The number of nitrogens with zero attached hydrogens (tertiary/aromatic N) is 3. The molecule has 0 unspecified atom stereocenters. The highest BCUT2D eigenvalue weighted by Gasteiger charge is 2.25. The minimum atomic E-state index is -0.543. The van der Waals surface area contributed by atoms with Crippen molar-refractivity contribution in [2.24, 2.45) is 0 Å². The van der Waals surface area contributed by atoms with Gasteiger partial charge in [-0.2, -0.15) is 0 Å². The lowest BCUT2D eigenvalue weighted by Crippen LogP contribution is -2.28.